The summed E-state index contributed by atoms with van der Waals surface area (Å²) < 4.78 is 9.09. The van der Waals surface area contributed by atoms with Gasteiger partial charge in [-0.25, -0.2) is 0 Å². The molecule has 0 saturated heterocycles. The fraction of sp³-hybridized carbons (Fsp3) is 0.125. The molecule has 3 rings (SSSR count). The molecule has 0 saturated carbocycles. The Morgan fingerprint density at radius 3 is 2.55 bits per heavy atom. The summed E-state index contributed by atoms with van der Waals surface area (Å²) in [4.78, 5) is 3.47. The van der Waals surface area contributed by atoms with E-state index in [0.29, 0.717) is 0 Å². The molecule has 1 N–H and O–H groups in total. The quantitative estimate of drug-likeness (QED) is 0.678. The third kappa shape index (κ3) is 2.64. The van der Waals surface area contributed by atoms with Crippen LogP contribution in [0.5, 0.6) is 5.75 Å². The predicted molar refractivity (Wildman–Crippen MR) is 88.8 cm³/mol. The number of methoxy groups -OCH3 is 1. The molecule has 0 unspecified atom stereocenters. The molecule has 0 aliphatic heterocycles. The van der Waals surface area contributed by atoms with Crippen molar-refractivity contribution in [3.63, 3.8) is 0 Å². The van der Waals surface area contributed by atoms with Gasteiger partial charge in [-0.1, -0.05) is 0 Å². The van der Waals surface area contributed by atoms with Crippen molar-refractivity contribution in [2.75, 3.05) is 7.11 Å². The van der Waals surface area contributed by atoms with Gasteiger partial charge in [0.25, 0.3) is 0 Å². The fourth-order valence-corrected chi connectivity index (χ4v) is 4.61. The van der Waals surface area contributed by atoms with Crippen LogP contribution in [0, 0.1) is 6.92 Å². The Balaban J connectivity index is 2.00. The van der Waals surface area contributed by atoms with E-state index in [4.69, 9.17) is 4.74 Å². The molecule has 0 spiro atoms. The van der Waals surface area contributed by atoms with Crippen molar-refractivity contribution in [2.45, 2.75) is 6.92 Å². The van der Waals surface area contributed by atoms with Crippen molar-refractivity contribution in [3.05, 3.63) is 52.6 Å². The molecule has 0 aliphatic rings. The number of ether oxygens (including phenoxy) is 1. The maximum absolute atomic E-state index is 5.21. The molecule has 1 aromatic heterocycles. The van der Waals surface area contributed by atoms with Crippen LogP contribution in [0.2, 0.25) is 0 Å². The first-order valence-corrected chi connectivity index (χ1v) is 8.78. The molecule has 4 heteroatoms. The summed E-state index contributed by atoms with van der Waals surface area (Å²) in [7, 11) is 1.70. The van der Waals surface area contributed by atoms with E-state index in [2.05, 4.69) is 58.2 Å². The van der Waals surface area contributed by atoms with Crippen molar-refractivity contribution in [2.24, 2.45) is 0 Å². The Hall–Kier alpha value is -1.22. The molecule has 1 heterocycles. The summed E-state index contributed by atoms with van der Waals surface area (Å²) in [5.41, 5.74) is 2.46. The zero-order valence-electron chi connectivity index (χ0n) is 11.2. The number of H-pyrrole nitrogens is 1. The first-order chi connectivity index (χ1) is 9.67. The summed E-state index contributed by atoms with van der Waals surface area (Å²) in [6, 6.07) is 14.7. The molecule has 2 nitrogen and oxygen atoms in total. The molecule has 0 fully saturated rings. The van der Waals surface area contributed by atoms with Gasteiger partial charge in [-0.15, -0.1) is 0 Å². The van der Waals surface area contributed by atoms with Gasteiger partial charge in [-0.05, 0) is 0 Å². The van der Waals surface area contributed by atoms with Gasteiger partial charge >= 0.3 is 133 Å². The van der Waals surface area contributed by atoms with E-state index in [1.165, 1.54) is 25.5 Å². The first kappa shape index (κ1) is 13.7. The van der Waals surface area contributed by atoms with Crippen molar-refractivity contribution in [1.82, 2.24) is 4.98 Å². The van der Waals surface area contributed by atoms with Crippen LogP contribution >= 0.6 is 15.9 Å². The summed E-state index contributed by atoms with van der Waals surface area (Å²) >= 11 is 3.84. The van der Waals surface area contributed by atoms with E-state index in [0.717, 1.165) is 10.2 Å². The monoisotopic (exact) mass is 395 g/mol. The minimum atomic E-state index is 0.287. The van der Waals surface area contributed by atoms with Crippen molar-refractivity contribution in [3.8, 4) is 5.75 Å². The standard InChI is InChI=1S/C16H14BrNOSe/c1-10-16(14-9-11(17)3-8-15(14)18-10)20-13-6-4-12(19-2)5-7-13/h3-9,18H,1-2H3. The normalized spacial score (nSPS) is 10.9. The van der Waals surface area contributed by atoms with Crippen LogP contribution in [-0.4, -0.2) is 27.1 Å². The summed E-state index contributed by atoms with van der Waals surface area (Å²) in [6.07, 6.45) is 0. The van der Waals surface area contributed by atoms with Crippen LogP contribution in [0.3, 0.4) is 0 Å². The molecule has 0 radical (unpaired) electrons. The van der Waals surface area contributed by atoms with Crippen LogP contribution in [0.15, 0.2) is 46.9 Å². The predicted octanol–water partition coefficient (Wildman–Crippen LogP) is 2.90. The van der Waals surface area contributed by atoms with E-state index < -0.39 is 0 Å². The van der Waals surface area contributed by atoms with Gasteiger partial charge in [0, 0.05) is 0 Å². The molecular formula is C16H14BrNOSe. The van der Waals surface area contributed by atoms with Gasteiger partial charge in [0.1, 0.15) is 0 Å². The number of aromatic nitrogens is 1. The Kier molecular flexibility index (Phi) is 3.88. The second kappa shape index (κ2) is 5.64. The number of hydrogen-bond donors (Lipinski definition) is 1. The average molecular weight is 395 g/mol. The number of aromatic amines is 1. The molecule has 20 heavy (non-hydrogen) atoms. The van der Waals surface area contributed by atoms with Crippen LogP contribution in [0.1, 0.15) is 5.69 Å². The van der Waals surface area contributed by atoms with Crippen LogP contribution in [0.4, 0.5) is 0 Å². The van der Waals surface area contributed by atoms with Crippen molar-refractivity contribution < 1.29 is 4.74 Å². The van der Waals surface area contributed by atoms with Gasteiger partial charge in [0.15, 0.2) is 0 Å². The number of aryl methyl sites for hydroxylation is 1. The average Bonchev–Trinajstić information content (AvgIpc) is 2.76. The number of halogens is 1. The molecule has 3 aromatic rings. The molecule has 0 aliphatic carbocycles. The van der Waals surface area contributed by atoms with Gasteiger partial charge in [-0.2, -0.15) is 0 Å². The minimum absolute atomic E-state index is 0.287. The van der Waals surface area contributed by atoms with E-state index in [1.807, 2.05) is 12.1 Å². The van der Waals surface area contributed by atoms with E-state index in [1.54, 1.807) is 7.11 Å². The Morgan fingerprint density at radius 2 is 1.85 bits per heavy atom. The van der Waals surface area contributed by atoms with Gasteiger partial charge in [0.2, 0.25) is 0 Å². The molecule has 102 valence electrons. The van der Waals surface area contributed by atoms with Crippen LogP contribution in [-0.2, 0) is 0 Å². The fourth-order valence-electron chi connectivity index (χ4n) is 2.17. The summed E-state index contributed by atoms with van der Waals surface area (Å²) in [6.45, 7) is 2.15. The van der Waals surface area contributed by atoms with E-state index in [-0.39, 0.29) is 15.0 Å². The Labute approximate surface area is 132 Å². The molecule has 0 bridgehead atoms. The first-order valence-electron chi connectivity index (χ1n) is 6.27. The number of fused-ring (bicyclic) bond motifs is 1. The molecule has 0 atom stereocenters. The van der Waals surface area contributed by atoms with Crippen LogP contribution < -0.4 is 13.7 Å². The second-order valence-corrected chi connectivity index (χ2v) is 7.74. The van der Waals surface area contributed by atoms with E-state index >= 15 is 0 Å². The van der Waals surface area contributed by atoms with Gasteiger partial charge < -0.3 is 0 Å². The zero-order valence-corrected chi connectivity index (χ0v) is 14.5. The molecule has 0 amide bonds. The third-order valence-electron chi connectivity index (χ3n) is 3.17. The molecular weight excluding hydrogens is 381 g/mol. The topological polar surface area (TPSA) is 25.0 Å². The Bertz CT molecular complexity index is 749. The summed E-state index contributed by atoms with van der Waals surface area (Å²) in [5, 5.41) is 1.31. The number of hydrogen-bond acceptors (Lipinski definition) is 1. The number of rotatable bonds is 3. The number of nitrogens with one attached hydrogen (secondary N) is 1. The third-order valence-corrected chi connectivity index (χ3v) is 6.26. The van der Waals surface area contributed by atoms with E-state index in [9.17, 15) is 0 Å². The molecule has 2 aromatic carbocycles. The van der Waals surface area contributed by atoms with Gasteiger partial charge in [-0.3, -0.25) is 0 Å². The van der Waals surface area contributed by atoms with Gasteiger partial charge in [0.05, 0.1) is 0 Å². The number of benzene rings is 2. The van der Waals surface area contributed by atoms with Crippen molar-refractivity contribution >= 4 is 50.7 Å². The SMILES string of the molecule is COc1ccc([Se]c2c(C)[nH]c3ccc(Br)cc23)cc1. The Morgan fingerprint density at radius 1 is 1.10 bits per heavy atom. The van der Waals surface area contributed by atoms with Crippen molar-refractivity contribution in [1.29, 1.82) is 0 Å². The van der Waals surface area contributed by atoms with Crippen LogP contribution in [0.25, 0.3) is 10.9 Å². The summed E-state index contributed by atoms with van der Waals surface area (Å²) in [5.74, 6) is 0.906. The zero-order chi connectivity index (χ0) is 14.1. The second-order valence-electron chi connectivity index (χ2n) is 4.55. The maximum atomic E-state index is 5.21.